The second-order valence-electron chi connectivity index (χ2n) is 6.23. The van der Waals surface area contributed by atoms with Gasteiger partial charge in [-0.1, -0.05) is 12.1 Å². The highest BCUT2D eigenvalue weighted by atomic mass is 16.1. The largest absolute Gasteiger partial charge is 0.351 e. The Hall–Kier alpha value is -3.48. The van der Waals surface area contributed by atoms with Gasteiger partial charge in [0.05, 0.1) is 0 Å². The van der Waals surface area contributed by atoms with Crippen LogP contribution in [0.25, 0.3) is 16.7 Å². The minimum atomic E-state index is -0.161. The highest BCUT2D eigenvalue weighted by Gasteiger charge is 2.13. The smallest absolute Gasteiger partial charge is 0.267 e. The average Bonchev–Trinajstić information content (AvgIpc) is 3.29. The van der Waals surface area contributed by atoms with Gasteiger partial charge in [0.15, 0.2) is 5.82 Å². The average molecular weight is 346 g/mol. The van der Waals surface area contributed by atoms with Crippen molar-refractivity contribution in [1.82, 2.24) is 30.0 Å². The number of aromatic amines is 1. The molecule has 0 spiro atoms. The lowest BCUT2D eigenvalue weighted by molar-refractivity contribution is 0.0946. The molecule has 3 aromatic heterocycles. The quantitative estimate of drug-likeness (QED) is 0.595. The molecule has 0 atom stereocenters. The van der Waals surface area contributed by atoms with Gasteiger partial charge in [-0.15, -0.1) is 0 Å². The molecule has 2 N–H and O–H groups in total. The molecule has 4 rings (SSSR count). The topological polar surface area (TPSA) is 88.5 Å². The highest BCUT2D eigenvalue weighted by Crippen LogP contribution is 2.21. The minimum absolute atomic E-state index is 0.161. The van der Waals surface area contributed by atoms with Gasteiger partial charge in [0, 0.05) is 29.2 Å². The number of nitrogens with one attached hydrogen (secondary N) is 2. The maximum atomic E-state index is 12.6. The van der Waals surface area contributed by atoms with Crippen molar-refractivity contribution in [3.05, 3.63) is 71.6 Å². The Balaban J connectivity index is 1.56. The third-order valence-electron chi connectivity index (χ3n) is 4.28. The molecule has 0 radical (unpaired) electrons. The number of H-pyrrole nitrogens is 1. The number of hydrogen-bond acceptors (Lipinski definition) is 4. The predicted molar refractivity (Wildman–Crippen MR) is 98.1 cm³/mol. The molecule has 7 nitrogen and oxygen atoms in total. The maximum absolute atomic E-state index is 12.6. The molecule has 0 saturated heterocycles. The van der Waals surface area contributed by atoms with Gasteiger partial charge in [-0.3, -0.25) is 4.79 Å². The Kier molecular flexibility index (Phi) is 3.96. The van der Waals surface area contributed by atoms with Crippen molar-refractivity contribution < 1.29 is 4.79 Å². The van der Waals surface area contributed by atoms with Gasteiger partial charge in [0.1, 0.15) is 18.3 Å². The zero-order valence-corrected chi connectivity index (χ0v) is 14.5. The van der Waals surface area contributed by atoms with E-state index in [1.54, 1.807) is 17.2 Å². The van der Waals surface area contributed by atoms with E-state index in [-0.39, 0.29) is 5.91 Å². The lowest BCUT2D eigenvalue weighted by Crippen LogP contribution is -2.24. The molecule has 0 aliphatic rings. The summed E-state index contributed by atoms with van der Waals surface area (Å²) < 4.78 is 1.58. The van der Waals surface area contributed by atoms with Crippen LogP contribution in [0.2, 0.25) is 0 Å². The Morgan fingerprint density at radius 1 is 1.27 bits per heavy atom. The minimum Gasteiger partial charge on any atom is -0.351 e. The number of aromatic nitrogens is 5. The van der Waals surface area contributed by atoms with Crippen LogP contribution in [0.15, 0.2) is 49.2 Å². The van der Waals surface area contributed by atoms with E-state index >= 15 is 0 Å². The second-order valence-corrected chi connectivity index (χ2v) is 6.23. The summed E-state index contributed by atoms with van der Waals surface area (Å²) in [4.78, 5) is 24.1. The molecule has 1 aromatic carbocycles. The van der Waals surface area contributed by atoms with Crippen LogP contribution >= 0.6 is 0 Å². The normalized spacial score (nSPS) is 11.0. The zero-order valence-electron chi connectivity index (χ0n) is 14.5. The van der Waals surface area contributed by atoms with Crippen molar-refractivity contribution in [1.29, 1.82) is 0 Å². The fraction of sp³-hybridized carbons (Fsp3) is 0.158. The van der Waals surface area contributed by atoms with Gasteiger partial charge >= 0.3 is 0 Å². The summed E-state index contributed by atoms with van der Waals surface area (Å²) in [6.07, 6.45) is 4.72. The van der Waals surface area contributed by atoms with Crippen molar-refractivity contribution in [2.45, 2.75) is 20.4 Å². The van der Waals surface area contributed by atoms with Gasteiger partial charge in [-0.25, -0.2) is 14.6 Å². The molecule has 0 bridgehead atoms. The van der Waals surface area contributed by atoms with Crippen LogP contribution in [-0.2, 0) is 6.54 Å². The molecule has 7 heteroatoms. The van der Waals surface area contributed by atoms with Crippen molar-refractivity contribution >= 4 is 16.8 Å². The SMILES string of the molecule is Cc1cc(C)c2cc(C(=O)NCc3cccnc3-n3cncn3)[nH]c2c1. The predicted octanol–water partition coefficient (Wildman–Crippen LogP) is 2.69. The molecule has 0 aliphatic heterocycles. The number of fused-ring (bicyclic) bond motifs is 1. The van der Waals surface area contributed by atoms with Crippen LogP contribution in [0.4, 0.5) is 0 Å². The van der Waals surface area contributed by atoms with Crippen LogP contribution in [0.1, 0.15) is 27.2 Å². The van der Waals surface area contributed by atoms with Gasteiger partial charge in [0.25, 0.3) is 5.91 Å². The van der Waals surface area contributed by atoms with Crippen LogP contribution in [0.3, 0.4) is 0 Å². The number of carbonyl (C=O) groups is 1. The first-order valence-corrected chi connectivity index (χ1v) is 8.29. The summed E-state index contributed by atoms with van der Waals surface area (Å²) in [5.74, 6) is 0.486. The van der Waals surface area contributed by atoms with E-state index in [9.17, 15) is 4.79 Å². The van der Waals surface area contributed by atoms with Crippen molar-refractivity contribution in [2.24, 2.45) is 0 Å². The Morgan fingerprint density at radius 2 is 2.15 bits per heavy atom. The van der Waals surface area contributed by atoms with E-state index < -0.39 is 0 Å². The molecule has 26 heavy (non-hydrogen) atoms. The van der Waals surface area contributed by atoms with Gasteiger partial charge in [-0.2, -0.15) is 5.10 Å². The van der Waals surface area contributed by atoms with Crippen molar-refractivity contribution in [3.63, 3.8) is 0 Å². The third-order valence-corrected chi connectivity index (χ3v) is 4.28. The number of amides is 1. The van der Waals surface area contributed by atoms with Crippen LogP contribution in [0, 0.1) is 13.8 Å². The number of rotatable bonds is 4. The second kappa shape index (κ2) is 6.44. The number of aryl methyl sites for hydroxylation is 2. The molecule has 130 valence electrons. The van der Waals surface area contributed by atoms with Crippen LogP contribution in [-0.4, -0.2) is 30.6 Å². The van der Waals surface area contributed by atoms with Gasteiger partial charge < -0.3 is 10.3 Å². The molecule has 0 unspecified atom stereocenters. The molecular weight excluding hydrogens is 328 g/mol. The third kappa shape index (κ3) is 2.95. The van der Waals surface area contributed by atoms with E-state index in [0.717, 1.165) is 27.6 Å². The van der Waals surface area contributed by atoms with Gasteiger partial charge in [0.2, 0.25) is 0 Å². The summed E-state index contributed by atoms with van der Waals surface area (Å²) >= 11 is 0. The molecule has 3 heterocycles. The lowest BCUT2D eigenvalue weighted by Gasteiger charge is -2.08. The number of pyridine rings is 1. The molecule has 1 amide bonds. The van der Waals surface area contributed by atoms with E-state index in [2.05, 4.69) is 31.4 Å². The molecule has 0 saturated carbocycles. The first kappa shape index (κ1) is 16.0. The fourth-order valence-electron chi connectivity index (χ4n) is 3.08. The number of hydrogen-bond donors (Lipinski definition) is 2. The van der Waals surface area contributed by atoms with Crippen LogP contribution < -0.4 is 5.32 Å². The Labute approximate surface area is 150 Å². The molecular formula is C19H18N6O. The van der Waals surface area contributed by atoms with Crippen LogP contribution in [0.5, 0.6) is 0 Å². The summed E-state index contributed by atoms with van der Waals surface area (Å²) in [7, 11) is 0. The number of carbonyl (C=O) groups excluding carboxylic acids is 1. The van der Waals surface area contributed by atoms with Crippen molar-refractivity contribution in [3.8, 4) is 5.82 Å². The van der Waals surface area contributed by atoms with E-state index in [1.165, 1.54) is 6.33 Å². The number of benzene rings is 1. The number of nitrogens with zero attached hydrogens (tertiary/aromatic N) is 4. The fourth-order valence-corrected chi connectivity index (χ4v) is 3.08. The van der Waals surface area contributed by atoms with E-state index in [0.29, 0.717) is 18.1 Å². The first-order chi connectivity index (χ1) is 12.6. The monoisotopic (exact) mass is 346 g/mol. The molecule has 0 aliphatic carbocycles. The summed E-state index contributed by atoms with van der Waals surface area (Å²) in [5, 5.41) is 8.10. The first-order valence-electron chi connectivity index (χ1n) is 8.29. The summed E-state index contributed by atoms with van der Waals surface area (Å²) in [6.45, 7) is 4.43. The van der Waals surface area contributed by atoms with E-state index in [1.807, 2.05) is 38.1 Å². The molecule has 4 aromatic rings. The Bertz CT molecular complexity index is 1080. The lowest BCUT2D eigenvalue weighted by atomic mass is 10.1. The summed E-state index contributed by atoms with van der Waals surface area (Å²) in [5.41, 5.74) is 4.68. The zero-order chi connectivity index (χ0) is 18.1. The summed E-state index contributed by atoms with van der Waals surface area (Å²) in [6, 6.07) is 9.78. The van der Waals surface area contributed by atoms with Crippen molar-refractivity contribution in [2.75, 3.05) is 0 Å². The Morgan fingerprint density at radius 3 is 2.96 bits per heavy atom. The molecule has 0 fully saturated rings. The van der Waals surface area contributed by atoms with Gasteiger partial charge in [-0.05, 0) is 43.2 Å². The standard InChI is InChI=1S/C19H18N6O/c1-12-6-13(2)15-8-17(24-16(15)7-12)19(26)22-9-14-4-3-5-21-18(14)25-11-20-10-23-25/h3-8,10-11,24H,9H2,1-2H3,(H,22,26). The van der Waals surface area contributed by atoms with E-state index in [4.69, 9.17) is 0 Å². The maximum Gasteiger partial charge on any atom is 0.267 e. The highest BCUT2D eigenvalue weighted by molar-refractivity contribution is 5.99.